The SMILES string of the molecule is COC(C)(C)CNc1nc(N)cn2ccnc12. The van der Waals surface area contributed by atoms with Crippen LogP contribution >= 0.6 is 0 Å². The Morgan fingerprint density at radius 1 is 1.53 bits per heavy atom. The third-order valence-corrected chi connectivity index (χ3v) is 2.63. The summed E-state index contributed by atoms with van der Waals surface area (Å²) in [5.74, 6) is 1.12. The molecule has 0 saturated carbocycles. The van der Waals surface area contributed by atoms with Gasteiger partial charge >= 0.3 is 0 Å². The molecule has 2 heterocycles. The highest BCUT2D eigenvalue weighted by Gasteiger charge is 2.17. The number of hydrogen-bond donors (Lipinski definition) is 2. The second-order valence-electron chi connectivity index (χ2n) is 4.49. The molecule has 0 radical (unpaired) electrons. The van der Waals surface area contributed by atoms with E-state index in [9.17, 15) is 0 Å². The van der Waals surface area contributed by atoms with E-state index in [0.29, 0.717) is 18.2 Å². The summed E-state index contributed by atoms with van der Waals surface area (Å²) in [4.78, 5) is 8.47. The number of anilines is 2. The third-order valence-electron chi connectivity index (χ3n) is 2.63. The van der Waals surface area contributed by atoms with Gasteiger partial charge in [0.25, 0.3) is 0 Å². The molecule has 0 aliphatic heterocycles. The standard InChI is InChI=1S/C11H17N5O/c1-11(2,17-3)7-14-9-10-13-4-5-16(10)6-8(12)15-9/h4-6H,7,12H2,1-3H3,(H,14,15). The van der Waals surface area contributed by atoms with Crippen LogP contribution in [-0.2, 0) is 4.74 Å². The Bertz CT molecular complexity index is 520. The van der Waals surface area contributed by atoms with Crippen molar-refractivity contribution in [3.05, 3.63) is 18.6 Å². The number of ether oxygens (including phenoxy) is 1. The molecular formula is C11H17N5O. The fourth-order valence-electron chi connectivity index (χ4n) is 1.44. The van der Waals surface area contributed by atoms with E-state index in [2.05, 4.69) is 15.3 Å². The Morgan fingerprint density at radius 2 is 2.29 bits per heavy atom. The van der Waals surface area contributed by atoms with Gasteiger partial charge in [-0.2, -0.15) is 0 Å². The van der Waals surface area contributed by atoms with E-state index in [0.717, 1.165) is 5.65 Å². The number of nitrogens with two attached hydrogens (primary N) is 1. The number of hydrogen-bond acceptors (Lipinski definition) is 5. The van der Waals surface area contributed by atoms with Gasteiger partial charge in [-0.3, -0.25) is 0 Å². The topological polar surface area (TPSA) is 77.5 Å². The molecule has 0 bridgehead atoms. The van der Waals surface area contributed by atoms with E-state index in [1.165, 1.54) is 0 Å². The number of aromatic nitrogens is 3. The average Bonchev–Trinajstić information content (AvgIpc) is 2.73. The molecule has 2 aromatic rings. The van der Waals surface area contributed by atoms with Crippen LogP contribution < -0.4 is 11.1 Å². The maximum Gasteiger partial charge on any atom is 0.180 e. The largest absolute Gasteiger partial charge is 0.382 e. The van der Waals surface area contributed by atoms with Crippen LogP contribution in [0.3, 0.4) is 0 Å². The summed E-state index contributed by atoms with van der Waals surface area (Å²) >= 11 is 0. The molecule has 0 amide bonds. The molecule has 0 aliphatic carbocycles. The molecule has 2 rings (SSSR count). The van der Waals surface area contributed by atoms with Gasteiger partial charge in [-0.1, -0.05) is 0 Å². The zero-order valence-electron chi connectivity index (χ0n) is 10.3. The van der Waals surface area contributed by atoms with Crippen LogP contribution in [0.25, 0.3) is 5.65 Å². The second-order valence-corrected chi connectivity index (χ2v) is 4.49. The van der Waals surface area contributed by atoms with E-state index in [-0.39, 0.29) is 5.60 Å². The molecule has 0 unspecified atom stereocenters. The van der Waals surface area contributed by atoms with Gasteiger partial charge in [0, 0.05) is 26.0 Å². The monoisotopic (exact) mass is 235 g/mol. The zero-order valence-corrected chi connectivity index (χ0v) is 10.3. The molecule has 6 nitrogen and oxygen atoms in total. The van der Waals surface area contributed by atoms with Gasteiger partial charge in [-0.05, 0) is 13.8 Å². The molecule has 92 valence electrons. The van der Waals surface area contributed by atoms with Gasteiger partial charge < -0.3 is 20.2 Å². The smallest absolute Gasteiger partial charge is 0.180 e. The Balaban J connectivity index is 2.26. The van der Waals surface area contributed by atoms with Crippen LogP contribution in [0.5, 0.6) is 0 Å². The van der Waals surface area contributed by atoms with Crippen molar-refractivity contribution < 1.29 is 4.74 Å². The Morgan fingerprint density at radius 3 is 3.00 bits per heavy atom. The number of imidazole rings is 1. The maximum absolute atomic E-state index is 5.72. The number of rotatable bonds is 4. The van der Waals surface area contributed by atoms with E-state index < -0.39 is 0 Å². The molecule has 2 aromatic heterocycles. The molecule has 6 heteroatoms. The molecule has 3 N–H and O–H groups in total. The van der Waals surface area contributed by atoms with Crippen molar-refractivity contribution in [2.24, 2.45) is 0 Å². The lowest BCUT2D eigenvalue weighted by atomic mass is 10.1. The minimum Gasteiger partial charge on any atom is -0.382 e. The molecule has 0 saturated heterocycles. The minimum atomic E-state index is -0.268. The number of nitrogens with zero attached hydrogens (tertiary/aromatic N) is 3. The van der Waals surface area contributed by atoms with Gasteiger partial charge in [0.1, 0.15) is 5.82 Å². The van der Waals surface area contributed by atoms with Gasteiger partial charge in [0.05, 0.1) is 11.8 Å². The highest BCUT2D eigenvalue weighted by molar-refractivity contribution is 5.64. The van der Waals surface area contributed by atoms with Crippen molar-refractivity contribution in [3.8, 4) is 0 Å². The lowest BCUT2D eigenvalue weighted by Crippen LogP contribution is -2.32. The van der Waals surface area contributed by atoms with Crippen LogP contribution in [0.4, 0.5) is 11.6 Å². The first-order valence-electron chi connectivity index (χ1n) is 5.40. The van der Waals surface area contributed by atoms with Crippen molar-refractivity contribution >= 4 is 17.3 Å². The van der Waals surface area contributed by atoms with Crippen LogP contribution in [0.15, 0.2) is 18.6 Å². The highest BCUT2D eigenvalue weighted by Crippen LogP contribution is 2.16. The fraction of sp³-hybridized carbons (Fsp3) is 0.455. The maximum atomic E-state index is 5.72. The Hall–Kier alpha value is -1.82. The minimum absolute atomic E-state index is 0.268. The summed E-state index contributed by atoms with van der Waals surface area (Å²) in [5.41, 5.74) is 6.21. The lowest BCUT2D eigenvalue weighted by molar-refractivity contribution is 0.0343. The number of fused-ring (bicyclic) bond motifs is 1. The predicted octanol–water partition coefficient (Wildman–Crippen LogP) is 1.15. The van der Waals surface area contributed by atoms with E-state index in [1.54, 1.807) is 19.5 Å². The molecular weight excluding hydrogens is 218 g/mol. The second kappa shape index (κ2) is 4.21. The summed E-state index contributed by atoms with van der Waals surface area (Å²) in [6, 6.07) is 0. The van der Waals surface area contributed by atoms with Gasteiger partial charge in [0.2, 0.25) is 0 Å². The van der Waals surface area contributed by atoms with E-state index >= 15 is 0 Å². The van der Waals surface area contributed by atoms with Crippen LogP contribution in [0, 0.1) is 0 Å². The Labute approximate surface area is 99.8 Å². The summed E-state index contributed by atoms with van der Waals surface area (Å²) in [7, 11) is 1.68. The summed E-state index contributed by atoms with van der Waals surface area (Å²) < 4.78 is 7.17. The normalized spacial score (nSPS) is 11.9. The van der Waals surface area contributed by atoms with Crippen LogP contribution in [0.2, 0.25) is 0 Å². The molecule has 17 heavy (non-hydrogen) atoms. The first-order chi connectivity index (χ1) is 8.02. The Kier molecular flexibility index (Phi) is 2.89. The molecule has 0 atom stereocenters. The molecule has 0 fully saturated rings. The quantitative estimate of drug-likeness (QED) is 0.831. The van der Waals surface area contributed by atoms with Crippen LogP contribution in [0.1, 0.15) is 13.8 Å². The number of nitrogen functional groups attached to an aromatic ring is 1. The van der Waals surface area contributed by atoms with Crippen molar-refractivity contribution in [1.82, 2.24) is 14.4 Å². The zero-order chi connectivity index (χ0) is 12.5. The molecule has 0 aromatic carbocycles. The predicted molar refractivity (Wildman–Crippen MR) is 67.0 cm³/mol. The number of nitrogens with one attached hydrogen (secondary N) is 1. The van der Waals surface area contributed by atoms with Crippen molar-refractivity contribution in [1.29, 1.82) is 0 Å². The number of methoxy groups -OCH3 is 1. The van der Waals surface area contributed by atoms with E-state index in [4.69, 9.17) is 10.5 Å². The first-order valence-corrected chi connectivity index (χ1v) is 5.40. The van der Waals surface area contributed by atoms with Crippen LogP contribution in [-0.4, -0.2) is 33.6 Å². The van der Waals surface area contributed by atoms with Gasteiger partial charge in [0.15, 0.2) is 11.5 Å². The van der Waals surface area contributed by atoms with Crippen molar-refractivity contribution in [2.75, 3.05) is 24.7 Å². The summed E-state index contributed by atoms with van der Waals surface area (Å²) in [5, 5.41) is 3.21. The summed E-state index contributed by atoms with van der Waals surface area (Å²) in [6.07, 6.45) is 5.28. The fourth-order valence-corrected chi connectivity index (χ4v) is 1.44. The van der Waals surface area contributed by atoms with E-state index in [1.807, 2.05) is 24.4 Å². The highest BCUT2D eigenvalue weighted by atomic mass is 16.5. The molecule has 0 spiro atoms. The molecule has 0 aliphatic rings. The van der Waals surface area contributed by atoms with Gasteiger partial charge in [-0.15, -0.1) is 0 Å². The first kappa shape index (κ1) is 11.7. The average molecular weight is 235 g/mol. The van der Waals surface area contributed by atoms with Gasteiger partial charge in [-0.25, -0.2) is 9.97 Å². The lowest BCUT2D eigenvalue weighted by Gasteiger charge is -2.23. The third kappa shape index (κ3) is 2.47. The van der Waals surface area contributed by atoms with Crippen molar-refractivity contribution in [3.63, 3.8) is 0 Å². The summed E-state index contributed by atoms with van der Waals surface area (Å²) in [6.45, 7) is 4.62. The van der Waals surface area contributed by atoms with Crippen molar-refractivity contribution in [2.45, 2.75) is 19.4 Å².